The molecule has 0 unspecified atom stereocenters. The van der Waals surface area contributed by atoms with E-state index in [9.17, 15) is 14.4 Å². The van der Waals surface area contributed by atoms with Gasteiger partial charge in [-0.25, -0.2) is 0 Å². The summed E-state index contributed by atoms with van der Waals surface area (Å²) >= 11 is 0. The number of nitrogens with zero attached hydrogens (tertiary/aromatic N) is 1. The quantitative estimate of drug-likeness (QED) is 0.464. The van der Waals surface area contributed by atoms with Crippen molar-refractivity contribution in [1.29, 1.82) is 0 Å². The van der Waals surface area contributed by atoms with Crippen molar-refractivity contribution in [3.8, 4) is 11.5 Å². The van der Waals surface area contributed by atoms with Crippen LogP contribution in [0.1, 0.15) is 61.2 Å². The number of benzene rings is 2. The van der Waals surface area contributed by atoms with Crippen molar-refractivity contribution in [3.63, 3.8) is 0 Å². The van der Waals surface area contributed by atoms with Gasteiger partial charge < -0.3 is 19.2 Å². The molecule has 1 saturated carbocycles. The number of amides is 2. The van der Waals surface area contributed by atoms with Gasteiger partial charge >= 0.3 is 0 Å². The molecule has 8 nitrogen and oxygen atoms in total. The fourth-order valence-electron chi connectivity index (χ4n) is 4.90. The Morgan fingerprint density at radius 2 is 1.65 bits per heavy atom. The third-order valence-electron chi connectivity index (χ3n) is 6.84. The van der Waals surface area contributed by atoms with E-state index in [1.807, 2.05) is 6.07 Å². The van der Waals surface area contributed by atoms with Crippen molar-refractivity contribution in [2.75, 3.05) is 11.5 Å². The van der Waals surface area contributed by atoms with Gasteiger partial charge in [0.25, 0.3) is 11.8 Å². The largest absolute Gasteiger partial charge is 0.485 e. The lowest BCUT2D eigenvalue weighted by Crippen LogP contribution is -2.52. The highest BCUT2D eigenvalue weighted by molar-refractivity contribution is 6.04. The Bertz CT molecular complexity index is 1250. The fraction of sp³-hybridized carbons (Fsp3) is 0.345. The van der Waals surface area contributed by atoms with E-state index in [1.54, 1.807) is 54.6 Å². The molecule has 1 aromatic heterocycles. The Morgan fingerprint density at radius 1 is 0.919 bits per heavy atom. The molecule has 0 spiro atoms. The number of furan rings is 1. The van der Waals surface area contributed by atoms with E-state index < -0.39 is 18.1 Å². The van der Waals surface area contributed by atoms with Gasteiger partial charge in [-0.05, 0) is 68.3 Å². The molecule has 2 aromatic carbocycles. The van der Waals surface area contributed by atoms with Crippen LogP contribution in [0.25, 0.3) is 0 Å². The Labute approximate surface area is 215 Å². The van der Waals surface area contributed by atoms with Gasteiger partial charge in [0, 0.05) is 17.3 Å². The number of anilines is 1. The van der Waals surface area contributed by atoms with Gasteiger partial charge in [0.15, 0.2) is 23.3 Å². The number of rotatable bonds is 7. The summed E-state index contributed by atoms with van der Waals surface area (Å²) in [6.45, 7) is 1.47. The second-order valence-corrected chi connectivity index (χ2v) is 9.44. The lowest BCUT2D eigenvalue weighted by Gasteiger charge is -2.35. The van der Waals surface area contributed by atoms with Gasteiger partial charge in [-0.3, -0.25) is 19.3 Å². The number of hydrogen-bond donors (Lipinski definition) is 1. The number of para-hydroxylation sites is 2. The summed E-state index contributed by atoms with van der Waals surface area (Å²) in [4.78, 5) is 41.2. The van der Waals surface area contributed by atoms with Crippen LogP contribution in [0.5, 0.6) is 11.5 Å². The maximum atomic E-state index is 14.1. The molecule has 1 N–H and O–H groups in total. The Kier molecular flexibility index (Phi) is 7.25. The van der Waals surface area contributed by atoms with Crippen LogP contribution >= 0.6 is 0 Å². The van der Waals surface area contributed by atoms with E-state index in [2.05, 4.69) is 5.32 Å². The number of nitrogens with one attached hydrogen (secondary N) is 1. The molecule has 37 heavy (non-hydrogen) atoms. The number of ketones is 1. The molecule has 2 amide bonds. The minimum absolute atomic E-state index is 0.00695. The van der Waals surface area contributed by atoms with E-state index >= 15 is 0 Å². The molecule has 0 saturated heterocycles. The third-order valence-corrected chi connectivity index (χ3v) is 6.84. The molecule has 2 aliphatic rings. The van der Waals surface area contributed by atoms with Gasteiger partial charge in [-0.2, -0.15) is 0 Å². The SMILES string of the molecule is CC(=O)c1ccc(N(C(=O)[C@@H]2COc3ccccc3O2)[C@H](C(=O)NC2CCCCC2)c2ccco2)cc1. The Balaban J connectivity index is 1.52. The van der Waals surface area contributed by atoms with Crippen molar-refractivity contribution in [1.82, 2.24) is 5.32 Å². The zero-order valence-electron chi connectivity index (χ0n) is 20.7. The molecular formula is C29H30N2O6. The zero-order valence-corrected chi connectivity index (χ0v) is 20.7. The van der Waals surface area contributed by atoms with E-state index in [0.717, 1.165) is 32.1 Å². The van der Waals surface area contributed by atoms with Crippen molar-refractivity contribution in [2.45, 2.75) is 57.2 Å². The van der Waals surface area contributed by atoms with E-state index in [4.69, 9.17) is 13.9 Å². The normalized spacial score (nSPS) is 18.0. The third kappa shape index (κ3) is 5.38. The number of fused-ring (bicyclic) bond motifs is 1. The van der Waals surface area contributed by atoms with Crippen LogP contribution < -0.4 is 19.7 Å². The molecule has 192 valence electrons. The highest BCUT2D eigenvalue weighted by atomic mass is 16.6. The van der Waals surface area contributed by atoms with Crippen molar-refractivity contribution in [2.24, 2.45) is 0 Å². The van der Waals surface area contributed by atoms with Crippen LogP contribution in [0.4, 0.5) is 5.69 Å². The molecule has 1 aliphatic carbocycles. The molecule has 8 heteroatoms. The molecule has 1 aliphatic heterocycles. The molecule has 3 aromatic rings. The van der Waals surface area contributed by atoms with Crippen molar-refractivity contribution in [3.05, 3.63) is 78.3 Å². The average Bonchev–Trinajstić information content (AvgIpc) is 3.46. The molecule has 0 radical (unpaired) electrons. The fourth-order valence-corrected chi connectivity index (χ4v) is 4.90. The maximum absolute atomic E-state index is 14.1. The topological polar surface area (TPSA) is 98.1 Å². The number of hydrogen-bond acceptors (Lipinski definition) is 6. The zero-order chi connectivity index (χ0) is 25.8. The van der Waals surface area contributed by atoms with Crippen LogP contribution in [0.2, 0.25) is 0 Å². The first-order chi connectivity index (χ1) is 18.0. The number of ether oxygens (including phenoxy) is 2. The molecule has 0 bridgehead atoms. The second-order valence-electron chi connectivity index (χ2n) is 9.44. The minimum atomic E-state index is -1.08. The summed E-state index contributed by atoms with van der Waals surface area (Å²) in [6, 6.07) is 16.1. The van der Waals surface area contributed by atoms with Crippen molar-refractivity contribution < 1.29 is 28.3 Å². The molecule has 2 heterocycles. The lowest BCUT2D eigenvalue weighted by atomic mass is 9.95. The van der Waals surface area contributed by atoms with Crippen LogP contribution in [0.3, 0.4) is 0 Å². The number of Topliss-reactive ketones (excluding diaryl/α,β-unsaturated/α-hetero) is 1. The summed E-state index contributed by atoms with van der Waals surface area (Å²) in [7, 11) is 0. The Hall–Kier alpha value is -4.07. The predicted octanol–water partition coefficient (Wildman–Crippen LogP) is 4.85. The van der Waals surface area contributed by atoms with E-state index in [1.165, 1.54) is 18.1 Å². The first-order valence-corrected chi connectivity index (χ1v) is 12.7. The van der Waals surface area contributed by atoms with Gasteiger partial charge in [0.2, 0.25) is 6.10 Å². The average molecular weight is 503 g/mol. The highest BCUT2D eigenvalue weighted by Gasteiger charge is 2.41. The number of carbonyl (C=O) groups excluding carboxylic acids is 3. The smallest absolute Gasteiger partial charge is 0.272 e. The first kappa shape index (κ1) is 24.6. The van der Waals surface area contributed by atoms with Gasteiger partial charge in [0.05, 0.1) is 6.26 Å². The Morgan fingerprint density at radius 3 is 2.32 bits per heavy atom. The predicted molar refractivity (Wildman–Crippen MR) is 137 cm³/mol. The molecular weight excluding hydrogens is 472 g/mol. The van der Waals surface area contributed by atoms with Crippen LogP contribution in [-0.4, -0.2) is 36.4 Å². The summed E-state index contributed by atoms with van der Waals surface area (Å²) in [5.74, 6) is 0.465. The van der Waals surface area contributed by atoms with Crippen LogP contribution in [0.15, 0.2) is 71.3 Å². The standard InChI is InChI=1S/C29H30N2O6/c1-19(32)20-13-15-22(16-14-20)31(29(34)26-18-36-23-10-5-6-11-24(23)37-26)27(25-12-7-17-35-25)28(33)30-21-8-3-2-4-9-21/h5-7,10-17,21,26-27H,2-4,8-9,18H2,1H3,(H,30,33)/t26-,27-/m0/s1. The summed E-state index contributed by atoms with van der Waals surface area (Å²) in [6.07, 6.45) is 5.55. The van der Waals surface area contributed by atoms with Gasteiger partial charge in [-0.15, -0.1) is 0 Å². The second kappa shape index (κ2) is 10.9. The summed E-state index contributed by atoms with van der Waals surface area (Å²) < 4.78 is 17.5. The lowest BCUT2D eigenvalue weighted by molar-refractivity contribution is -0.132. The minimum Gasteiger partial charge on any atom is -0.485 e. The van der Waals surface area contributed by atoms with E-state index in [-0.39, 0.29) is 24.3 Å². The summed E-state index contributed by atoms with van der Waals surface area (Å²) in [5.41, 5.74) is 0.946. The van der Waals surface area contributed by atoms with Crippen molar-refractivity contribution >= 4 is 23.3 Å². The highest BCUT2D eigenvalue weighted by Crippen LogP contribution is 2.35. The molecule has 2 atom stereocenters. The number of carbonyl (C=O) groups is 3. The monoisotopic (exact) mass is 502 g/mol. The van der Waals surface area contributed by atoms with E-state index in [0.29, 0.717) is 28.5 Å². The summed E-state index contributed by atoms with van der Waals surface area (Å²) in [5, 5.41) is 3.14. The van der Waals surface area contributed by atoms with Gasteiger partial charge in [0.1, 0.15) is 12.4 Å². The maximum Gasteiger partial charge on any atom is 0.272 e. The first-order valence-electron chi connectivity index (χ1n) is 12.7. The van der Waals surface area contributed by atoms with Crippen LogP contribution in [-0.2, 0) is 9.59 Å². The van der Waals surface area contributed by atoms with Crippen LogP contribution in [0, 0.1) is 0 Å². The van der Waals surface area contributed by atoms with Gasteiger partial charge in [-0.1, -0.05) is 31.4 Å². The molecule has 5 rings (SSSR count). The molecule has 1 fully saturated rings.